The second-order valence-corrected chi connectivity index (χ2v) is 13.1. The van der Waals surface area contributed by atoms with Gasteiger partial charge >= 0.3 is 0 Å². The minimum atomic E-state index is -3.40. The standard InChI is InChI=1S/C30H36N10O4S/c1-5-22-17-39(45(42,43)26-8-7-13-31-29(26)44-22)16-21-14-20(10-9-18(21)3)24(15-27(41)32-30-34-36-37-35-30)23-11-12-25-28(19(23)4)33-38-40(25)6-2/h7-14,22,24,42-43H,5-6,15-17H2,1-4H3,(H2,32,34,35,36,37,41). The van der Waals surface area contributed by atoms with Crippen LogP contribution >= 0.6 is 10.8 Å². The molecule has 6 rings (SSSR count). The molecule has 0 aliphatic carbocycles. The molecule has 4 heterocycles. The van der Waals surface area contributed by atoms with Crippen molar-refractivity contribution in [1.82, 2.24) is 44.9 Å². The van der Waals surface area contributed by atoms with Crippen molar-refractivity contribution in [3.8, 4) is 5.88 Å². The van der Waals surface area contributed by atoms with Crippen molar-refractivity contribution in [1.29, 1.82) is 0 Å². The molecule has 3 aromatic heterocycles. The summed E-state index contributed by atoms with van der Waals surface area (Å²) >= 11 is 0. The van der Waals surface area contributed by atoms with Gasteiger partial charge in [0.15, 0.2) is 0 Å². The normalized spacial score (nSPS) is 17.7. The average molecular weight is 633 g/mol. The summed E-state index contributed by atoms with van der Waals surface area (Å²) in [5.41, 5.74) is 6.33. The SMILES string of the molecule is CCC1CN(Cc2cc(C(CC(=O)Nc3nn[nH]n3)c3ccc4c(nnn4CC)c3C)ccc2C)S(O)(O)c2cccnc2O1. The molecule has 2 unspecified atom stereocenters. The quantitative estimate of drug-likeness (QED) is 0.175. The number of anilines is 1. The number of pyridine rings is 1. The van der Waals surface area contributed by atoms with E-state index in [1.54, 1.807) is 22.6 Å². The Labute approximate surface area is 261 Å². The van der Waals surface area contributed by atoms with Gasteiger partial charge in [-0.15, -0.1) is 21.0 Å². The Morgan fingerprint density at radius 3 is 2.78 bits per heavy atom. The van der Waals surface area contributed by atoms with E-state index in [9.17, 15) is 13.9 Å². The molecule has 5 aromatic rings. The first-order chi connectivity index (χ1) is 21.7. The van der Waals surface area contributed by atoms with E-state index in [4.69, 9.17) is 4.74 Å². The van der Waals surface area contributed by atoms with E-state index in [2.05, 4.69) is 41.2 Å². The van der Waals surface area contributed by atoms with Crippen LogP contribution in [0, 0.1) is 13.8 Å². The zero-order valence-electron chi connectivity index (χ0n) is 25.5. The number of fused-ring (bicyclic) bond motifs is 2. The van der Waals surface area contributed by atoms with Gasteiger partial charge in [-0.2, -0.15) is 9.52 Å². The molecule has 0 fully saturated rings. The summed E-state index contributed by atoms with van der Waals surface area (Å²) in [6.07, 6.45) is 2.07. The van der Waals surface area contributed by atoms with E-state index in [1.165, 1.54) is 0 Å². The van der Waals surface area contributed by atoms with E-state index in [-0.39, 0.29) is 47.6 Å². The van der Waals surface area contributed by atoms with Gasteiger partial charge in [0.2, 0.25) is 11.8 Å². The minimum absolute atomic E-state index is 0.0923. The first kappa shape index (κ1) is 30.6. The molecule has 15 heteroatoms. The third-order valence-corrected chi connectivity index (χ3v) is 10.2. The van der Waals surface area contributed by atoms with Crippen molar-refractivity contribution in [2.75, 3.05) is 11.9 Å². The maximum atomic E-state index is 13.3. The van der Waals surface area contributed by atoms with Crippen molar-refractivity contribution in [2.24, 2.45) is 0 Å². The predicted octanol–water partition coefficient (Wildman–Crippen LogP) is 4.83. The minimum Gasteiger partial charge on any atom is -0.472 e. The summed E-state index contributed by atoms with van der Waals surface area (Å²) in [6, 6.07) is 13.4. The van der Waals surface area contributed by atoms with Gasteiger partial charge in [0.25, 0.3) is 5.95 Å². The van der Waals surface area contributed by atoms with E-state index in [0.717, 1.165) is 38.9 Å². The topological polar surface area (TPSA) is 180 Å². The number of carbonyl (C=O) groups is 1. The molecule has 0 saturated carbocycles. The summed E-state index contributed by atoms with van der Waals surface area (Å²) in [5.74, 6) is -0.311. The van der Waals surface area contributed by atoms with Gasteiger partial charge in [-0.1, -0.05) is 41.5 Å². The van der Waals surface area contributed by atoms with Crippen LogP contribution in [0.5, 0.6) is 5.88 Å². The molecule has 0 saturated heterocycles. The number of aromatic amines is 1. The molecule has 0 spiro atoms. The molecular formula is C30H36N10O4S. The van der Waals surface area contributed by atoms with Crippen LogP contribution in [0.4, 0.5) is 5.95 Å². The molecule has 2 aromatic carbocycles. The molecular weight excluding hydrogens is 596 g/mol. The molecule has 0 radical (unpaired) electrons. The van der Waals surface area contributed by atoms with Crippen LogP contribution in [0.2, 0.25) is 0 Å². The lowest BCUT2D eigenvalue weighted by atomic mass is 9.84. The predicted molar refractivity (Wildman–Crippen MR) is 169 cm³/mol. The number of aryl methyl sites for hydroxylation is 3. The number of hydrogen-bond acceptors (Lipinski definition) is 11. The first-order valence-corrected chi connectivity index (χ1v) is 16.3. The Morgan fingerprint density at radius 1 is 1.18 bits per heavy atom. The average Bonchev–Trinajstić information content (AvgIpc) is 3.68. The smallest absolute Gasteiger partial charge is 0.269 e. The Morgan fingerprint density at radius 2 is 2.02 bits per heavy atom. The van der Waals surface area contributed by atoms with Gasteiger partial charge in [-0.25, -0.2) is 9.67 Å². The number of ether oxygens (including phenoxy) is 1. The maximum absolute atomic E-state index is 13.3. The third kappa shape index (κ3) is 5.99. The fourth-order valence-corrected chi connectivity index (χ4v) is 7.32. The number of tetrazole rings is 1. The van der Waals surface area contributed by atoms with E-state index < -0.39 is 10.8 Å². The lowest BCUT2D eigenvalue weighted by Crippen LogP contribution is -2.34. The van der Waals surface area contributed by atoms with Crippen molar-refractivity contribution in [3.05, 3.63) is 76.5 Å². The van der Waals surface area contributed by atoms with Crippen molar-refractivity contribution in [2.45, 2.75) is 70.5 Å². The van der Waals surface area contributed by atoms with Gasteiger partial charge in [0.05, 0.1) is 12.1 Å². The number of rotatable bonds is 9. The fraction of sp³-hybridized carbons (Fsp3) is 0.367. The highest BCUT2D eigenvalue weighted by Gasteiger charge is 2.36. The Balaban J connectivity index is 1.39. The largest absolute Gasteiger partial charge is 0.472 e. The van der Waals surface area contributed by atoms with Crippen LogP contribution in [0.3, 0.4) is 0 Å². The zero-order valence-corrected chi connectivity index (χ0v) is 26.3. The highest BCUT2D eigenvalue weighted by Crippen LogP contribution is 2.57. The third-order valence-electron chi connectivity index (χ3n) is 8.30. The van der Waals surface area contributed by atoms with Gasteiger partial charge < -0.3 is 4.74 Å². The lowest BCUT2D eigenvalue weighted by Gasteiger charge is -2.41. The lowest BCUT2D eigenvalue weighted by molar-refractivity contribution is -0.116. The number of nitrogens with one attached hydrogen (secondary N) is 2. The van der Waals surface area contributed by atoms with Crippen LogP contribution < -0.4 is 10.1 Å². The molecule has 2 atom stereocenters. The van der Waals surface area contributed by atoms with Crippen molar-refractivity contribution in [3.63, 3.8) is 0 Å². The zero-order chi connectivity index (χ0) is 31.7. The van der Waals surface area contributed by atoms with Gasteiger partial charge in [0.1, 0.15) is 16.5 Å². The van der Waals surface area contributed by atoms with E-state index in [0.29, 0.717) is 19.5 Å². The number of H-pyrrole nitrogens is 1. The van der Waals surface area contributed by atoms with E-state index in [1.807, 2.05) is 62.7 Å². The molecule has 14 nitrogen and oxygen atoms in total. The first-order valence-electron chi connectivity index (χ1n) is 14.8. The molecule has 236 valence electrons. The van der Waals surface area contributed by atoms with Crippen LogP contribution in [0.15, 0.2) is 53.6 Å². The number of benzene rings is 2. The van der Waals surface area contributed by atoms with Gasteiger partial charge in [0, 0.05) is 31.6 Å². The van der Waals surface area contributed by atoms with Crippen LogP contribution in [0.1, 0.15) is 60.4 Å². The summed E-state index contributed by atoms with van der Waals surface area (Å²) in [5, 5.41) is 25.0. The van der Waals surface area contributed by atoms with E-state index >= 15 is 0 Å². The maximum Gasteiger partial charge on any atom is 0.269 e. The van der Waals surface area contributed by atoms with Crippen molar-refractivity contribution < 1.29 is 18.6 Å². The molecule has 0 bridgehead atoms. The van der Waals surface area contributed by atoms with Gasteiger partial charge in [-0.05, 0) is 78.4 Å². The Bertz CT molecular complexity index is 1830. The molecule has 1 aliphatic rings. The summed E-state index contributed by atoms with van der Waals surface area (Å²) in [4.78, 5) is 17.9. The Hall–Kier alpha value is -4.44. The number of amides is 1. The molecule has 4 N–H and O–H groups in total. The Kier molecular flexibility index (Phi) is 8.50. The van der Waals surface area contributed by atoms with Gasteiger partial charge in [-0.3, -0.25) is 19.2 Å². The van der Waals surface area contributed by atoms with Crippen LogP contribution in [-0.2, 0) is 17.9 Å². The molecule has 1 amide bonds. The molecule has 1 aliphatic heterocycles. The summed E-state index contributed by atoms with van der Waals surface area (Å²) in [6.45, 7) is 9.24. The molecule has 45 heavy (non-hydrogen) atoms. The summed E-state index contributed by atoms with van der Waals surface area (Å²) < 4.78 is 32.7. The highest BCUT2D eigenvalue weighted by atomic mass is 32.3. The second-order valence-electron chi connectivity index (χ2n) is 11.1. The monoisotopic (exact) mass is 632 g/mol. The fourth-order valence-electron chi connectivity index (χ4n) is 5.75. The number of hydrogen-bond donors (Lipinski definition) is 4. The second kappa shape index (κ2) is 12.5. The summed E-state index contributed by atoms with van der Waals surface area (Å²) in [7, 11) is -3.40. The van der Waals surface area contributed by atoms with Crippen LogP contribution in [0.25, 0.3) is 11.0 Å². The van der Waals surface area contributed by atoms with Crippen molar-refractivity contribution >= 4 is 33.7 Å². The number of aromatic nitrogens is 8. The highest BCUT2D eigenvalue weighted by molar-refractivity contribution is 8.22. The number of nitrogens with zero attached hydrogens (tertiary/aromatic N) is 8. The van der Waals surface area contributed by atoms with Crippen LogP contribution in [-0.4, -0.2) is 72.6 Å². The number of carbonyl (C=O) groups excluding carboxylic acids is 1.